The van der Waals surface area contributed by atoms with E-state index in [0.29, 0.717) is 6.42 Å². The van der Waals surface area contributed by atoms with Gasteiger partial charge in [-0.3, -0.25) is 9.36 Å². The molecule has 1 aromatic rings. The van der Waals surface area contributed by atoms with Crippen molar-refractivity contribution in [3.8, 4) is 0 Å². The number of nitrogens with zero attached hydrogens (tertiary/aromatic N) is 2. The molecular weight excluding hydrogens is 128 g/mol. The summed E-state index contributed by atoms with van der Waals surface area (Å²) in [6.45, 7) is 0. The molecule has 0 fully saturated rings. The van der Waals surface area contributed by atoms with Crippen molar-refractivity contribution in [1.29, 1.82) is 0 Å². The van der Waals surface area contributed by atoms with E-state index >= 15 is 0 Å². The summed E-state index contributed by atoms with van der Waals surface area (Å²) >= 11 is 0. The Morgan fingerprint density at radius 2 is 2.50 bits per heavy atom. The van der Waals surface area contributed by atoms with Crippen molar-refractivity contribution in [2.45, 2.75) is 6.42 Å². The molecular formula is C7H6N2O. The molecule has 0 radical (unpaired) electrons. The van der Waals surface area contributed by atoms with Crippen molar-refractivity contribution < 1.29 is 4.79 Å². The van der Waals surface area contributed by atoms with Crippen LogP contribution in [0.1, 0.15) is 17.0 Å². The Morgan fingerprint density at radius 3 is 3.30 bits per heavy atom. The zero-order chi connectivity index (χ0) is 6.97. The van der Waals surface area contributed by atoms with Gasteiger partial charge in [0, 0.05) is 18.8 Å². The molecule has 2 rings (SSSR count). The number of hydrogen-bond acceptors (Lipinski definition) is 2. The standard InChI is InChI=1S/C7H6N2O/c10-7-3-1-2-6-8-4-5-9(6)7/h1-2,4-5H,3H2. The third-order valence-corrected chi connectivity index (χ3v) is 1.50. The third-order valence-electron chi connectivity index (χ3n) is 1.50. The fraction of sp³-hybridized carbons (Fsp3) is 0.143. The van der Waals surface area contributed by atoms with Crippen LogP contribution in [0.4, 0.5) is 0 Å². The minimum atomic E-state index is 0.0926. The topological polar surface area (TPSA) is 34.9 Å². The van der Waals surface area contributed by atoms with Crippen molar-refractivity contribution >= 4 is 12.0 Å². The maximum atomic E-state index is 11.0. The summed E-state index contributed by atoms with van der Waals surface area (Å²) in [6.07, 6.45) is 7.47. The van der Waals surface area contributed by atoms with Crippen molar-refractivity contribution in [3.05, 3.63) is 24.3 Å². The van der Waals surface area contributed by atoms with Gasteiger partial charge in [0.05, 0.1) is 0 Å². The van der Waals surface area contributed by atoms with E-state index in [1.165, 1.54) is 0 Å². The lowest BCUT2D eigenvalue weighted by molar-refractivity contribution is 0.0914. The Bertz CT molecular complexity index is 298. The first kappa shape index (κ1) is 5.41. The number of carbonyl (C=O) groups excluding carboxylic acids is 1. The molecule has 0 saturated carbocycles. The van der Waals surface area contributed by atoms with Crippen molar-refractivity contribution in [3.63, 3.8) is 0 Å². The first-order valence-corrected chi connectivity index (χ1v) is 3.11. The van der Waals surface area contributed by atoms with Crippen LogP contribution in [0.15, 0.2) is 18.5 Å². The second-order valence-electron chi connectivity index (χ2n) is 2.16. The first-order chi connectivity index (χ1) is 4.88. The number of imidazole rings is 1. The Balaban J connectivity index is 2.62. The summed E-state index contributed by atoms with van der Waals surface area (Å²) in [5.74, 6) is 0.825. The van der Waals surface area contributed by atoms with Gasteiger partial charge in [0.2, 0.25) is 5.91 Å². The quantitative estimate of drug-likeness (QED) is 0.529. The van der Waals surface area contributed by atoms with Gasteiger partial charge in [-0.1, -0.05) is 6.08 Å². The summed E-state index contributed by atoms with van der Waals surface area (Å²) in [4.78, 5) is 15.0. The van der Waals surface area contributed by atoms with Gasteiger partial charge in [0.15, 0.2) is 0 Å². The number of hydrogen-bond donors (Lipinski definition) is 0. The summed E-state index contributed by atoms with van der Waals surface area (Å²) in [7, 11) is 0. The van der Waals surface area contributed by atoms with Crippen molar-refractivity contribution in [2.75, 3.05) is 0 Å². The van der Waals surface area contributed by atoms with Gasteiger partial charge < -0.3 is 0 Å². The van der Waals surface area contributed by atoms with E-state index < -0.39 is 0 Å². The van der Waals surface area contributed by atoms with Crippen LogP contribution in [0.25, 0.3) is 6.08 Å². The van der Waals surface area contributed by atoms with E-state index in [1.54, 1.807) is 17.0 Å². The lowest BCUT2D eigenvalue weighted by Crippen LogP contribution is -2.12. The highest BCUT2D eigenvalue weighted by atomic mass is 16.2. The Labute approximate surface area is 58.0 Å². The van der Waals surface area contributed by atoms with Crippen LogP contribution in [0.2, 0.25) is 0 Å². The lowest BCUT2D eigenvalue weighted by Gasteiger charge is -2.04. The molecule has 0 saturated heterocycles. The minimum Gasteiger partial charge on any atom is -0.274 e. The summed E-state index contributed by atoms with van der Waals surface area (Å²) < 4.78 is 1.56. The Hall–Kier alpha value is -1.38. The SMILES string of the molecule is O=C1CC=Cc2nccn21. The average molecular weight is 134 g/mol. The highest BCUT2D eigenvalue weighted by Crippen LogP contribution is 2.08. The molecule has 1 aliphatic heterocycles. The van der Waals surface area contributed by atoms with Gasteiger partial charge in [0.1, 0.15) is 5.82 Å². The van der Waals surface area contributed by atoms with Gasteiger partial charge >= 0.3 is 0 Å². The minimum absolute atomic E-state index is 0.0926. The monoisotopic (exact) mass is 134 g/mol. The maximum absolute atomic E-state index is 11.0. The van der Waals surface area contributed by atoms with E-state index in [1.807, 2.05) is 12.2 Å². The second-order valence-corrected chi connectivity index (χ2v) is 2.16. The highest BCUT2D eigenvalue weighted by Gasteiger charge is 2.10. The Kier molecular flexibility index (Phi) is 0.974. The van der Waals surface area contributed by atoms with E-state index in [0.717, 1.165) is 5.82 Å². The smallest absolute Gasteiger partial charge is 0.236 e. The summed E-state index contributed by atoms with van der Waals surface area (Å²) in [6, 6.07) is 0. The molecule has 1 aromatic heterocycles. The third kappa shape index (κ3) is 0.603. The fourth-order valence-corrected chi connectivity index (χ4v) is 1.01. The highest BCUT2D eigenvalue weighted by molar-refractivity contribution is 5.85. The van der Waals surface area contributed by atoms with Crippen LogP contribution >= 0.6 is 0 Å². The number of aromatic nitrogens is 2. The van der Waals surface area contributed by atoms with Crippen LogP contribution in [0.3, 0.4) is 0 Å². The van der Waals surface area contributed by atoms with Gasteiger partial charge in [-0.05, 0) is 6.08 Å². The molecule has 0 aromatic carbocycles. The molecule has 3 nitrogen and oxygen atoms in total. The first-order valence-electron chi connectivity index (χ1n) is 3.11. The molecule has 0 amide bonds. The van der Waals surface area contributed by atoms with Gasteiger partial charge in [-0.2, -0.15) is 0 Å². The molecule has 0 aliphatic carbocycles. The van der Waals surface area contributed by atoms with E-state index in [4.69, 9.17) is 0 Å². The zero-order valence-corrected chi connectivity index (χ0v) is 5.32. The molecule has 10 heavy (non-hydrogen) atoms. The number of rotatable bonds is 0. The number of carbonyl (C=O) groups is 1. The van der Waals surface area contributed by atoms with E-state index in [2.05, 4.69) is 4.98 Å². The van der Waals surface area contributed by atoms with Gasteiger partial charge in [-0.25, -0.2) is 4.98 Å². The number of fused-ring (bicyclic) bond motifs is 1. The molecule has 0 N–H and O–H groups in total. The van der Waals surface area contributed by atoms with Crippen molar-refractivity contribution in [2.24, 2.45) is 0 Å². The fourth-order valence-electron chi connectivity index (χ4n) is 1.01. The molecule has 1 aliphatic rings. The van der Waals surface area contributed by atoms with Crippen LogP contribution in [-0.2, 0) is 0 Å². The lowest BCUT2D eigenvalue weighted by atomic mass is 10.3. The zero-order valence-electron chi connectivity index (χ0n) is 5.32. The van der Waals surface area contributed by atoms with Gasteiger partial charge in [-0.15, -0.1) is 0 Å². The number of allylic oxidation sites excluding steroid dienone is 1. The second kappa shape index (κ2) is 1.80. The van der Waals surface area contributed by atoms with E-state index in [9.17, 15) is 4.79 Å². The molecule has 0 bridgehead atoms. The maximum Gasteiger partial charge on any atom is 0.236 e. The summed E-state index contributed by atoms with van der Waals surface area (Å²) in [5.41, 5.74) is 0. The van der Waals surface area contributed by atoms with Crippen LogP contribution in [0.5, 0.6) is 0 Å². The summed E-state index contributed by atoms with van der Waals surface area (Å²) in [5, 5.41) is 0. The normalized spacial score (nSPS) is 15.4. The predicted octanol–water partition coefficient (Wildman–Crippen LogP) is 0.940. The molecule has 0 atom stereocenters. The van der Waals surface area contributed by atoms with Crippen molar-refractivity contribution in [1.82, 2.24) is 9.55 Å². The van der Waals surface area contributed by atoms with Crippen LogP contribution < -0.4 is 0 Å². The van der Waals surface area contributed by atoms with E-state index in [-0.39, 0.29) is 5.91 Å². The molecule has 0 unspecified atom stereocenters. The molecule has 2 heterocycles. The largest absolute Gasteiger partial charge is 0.274 e. The molecule has 3 heteroatoms. The molecule has 0 spiro atoms. The average Bonchev–Trinajstić information content (AvgIpc) is 2.36. The van der Waals surface area contributed by atoms with Gasteiger partial charge in [0.25, 0.3) is 0 Å². The van der Waals surface area contributed by atoms with Crippen LogP contribution in [-0.4, -0.2) is 15.5 Å². The van der Waals surface area contributed by atoms with Crippen LogP contribution in [0, 0.1) is 0 Å². The Morgan fingerprint density at radius 1 is 1.60 bits per heavy atom. The predicted molar refractivity (Wildman–Crippen MR) is 36.5 cm³/mol. The molecule has 50 valence electrons.